The lowest BCUT2D eigenvalue weighted by molar-refractivity contribution is -0.0816. The van der Waals surface area contributed by atoms with Crippen molar-refractivity contribution in [2.24, 2.45) is 7.05 Å². The van der Waals surface area contributed by atoms with E-state index in [-0.39, 0.29) is 5.56 Å². The second-order valence-corrected chi connectivity index (χ2v) is 11.1. The highest BCUT2D eigenvalue weighted by Gasteiger charge is 2.52. The van der Waals surface area contributed by atoms with E-state index in [0.717, 1.165) is 44.1 Å². The summed E-state index contributed by atoms with van der Waals surface area (Å²) >= 11 is 0. The van der Waals surface area contributed by atoms with Crippen LogP contribution in [0, 0.1) is 0 Å². The van der Waals surface area contributed by atoms with Crippen molar-refractivity contribution in [1.82, 2.24) is 19.7 Å². The minimum atomic E-state index is -0.529. The molecule has 35 heavy (non-hydrogen) atoms. The Morgan fingerprint density at radius 1 is 1.11 bits per heavy atom. The summed E-state index contributed by atoms with van der Waals surface area (Å²) in [6.45, 7) is 16.0. The fraction of sp³-hybridized carbons (Fsp3) is 0.640. The number of piperazine rings is 1. The van der Waals surface area contributed by atoms with Crippen molar-refractivity contribution < 1.29 is 14.0 Å². The largest absolute Gasteiger partial charge is 0.496 e. The Hall–Kier alpha value is -2.27. The van der Waals surface area contributed by atoms with Crippen molar-refractivity contribution >= 4 is 18.3 Å². The number of rotatable bonds is 5. The number of nitrogens with one attached hydrogen (secondary N) is 2. The average Bonchev–Trinajstić information content (AvgIpc) is 2.98. The highest BCUT2D eigenvalue weighted by molar-refractivity contribution is 6.62. The van der Waals surface area contributed by atoms with E-state index < -0.39 is 18.3 Å². The first-order valence-corrected chi connectivity index (χ1v) is 12.6. The monoisotopic (exact) mass is 483 g/mol. The maximum absolute atomic E-state index is 12.9. The fourth-order valence-electron chi connectivity index (χ4n) is 5.03. The number of allylic oxidation sites excluding steroid dienone is 2. The first kappa shape index (κ1) is 24.4. The molecule has 3 saturated heterocycles. The molecule has 1 atom stereocenters. The second-order valence-electron chi connectivity index (χ2n) is 11.1. The number of aryl methyl sites for hydroxylation is 1. The highest BCUT2D eigenvalue weighted by Crippen LogP contribution is 2.36. The zero-order chi connectivity index (χ0) is 25.0. The molecule has 0 aliphatic carbocycles. The minimum Gasteiger partial charge on any atom is -0.399 e. The molecule has 1 aromatic rings. The van der Waals surface area contributed by atoms with E-state index in [4.69, 9.17) is 14.0 Å². The summed E-state index contributed by atoms with van der Waals surface area (Å²) < 4.78 is 19.3. The Balaban J connectivity index is 1.28. The lowest BCUT2D eigenvalue weighted by Crippen LogP contribution is -2.59. The van der Waals surface area contributed by atoms with Crippen LogP contribution in [0.2, 0.25) is 0 Å². The smallest absolute Gasteiger partial charge is 0.399 e. The third kappa shape index (κ3) is 4.64. The van der Waals surface area contributed by atoms with Crippen LogP contribution in [0.3, 0.4) is 0 Å². The number of anilines is 1. The molecule has 10 heteroatoms. The van der Waals surface area contributed by atoms with E-state index in [9.17, 15) is 4.79 Å². The van der Waals surface area contributed by atoms with Gasteiger partial charge in [0.15, 0.2) is 0 Å². The Morgan fingerprint density at radius 2 is 1.83 bits per heavy atom. The molecule has 0 spiro atoms. The summed E-state index contributed by atoms with van der Waals surface area (Å²) in [5.74, 6) is 0.801. The zero-order valence-electron chi connectivity index (χ0n) is 21.8. The second kappa shape index (κ2) is 8.99. The standard InChI is InChI=1S/C25H38BN5O4/c1-17-13-30(20-15-33-16-20)9-10-31(17)19-7-8-22(27-12-19)28-21-11-18(14-29(6)23(21)32)26-34-24(2,3)25(4,5)35-26/h7-8,11,14,17,20,27-28H,9-10,12-13,15-16H2,1-6H3/t17-/m0/s1. The van der Waals surface area contributed by atoms with Gasteiger partial charge in [-0.25, -0.2) is 0 Å². The van der Waals surface area contributed by atoms with Gasteiger partial charge in [-0.2, -0.15) is 0 Å². The fourth-order valence-corrected chi connectivity index (χ4v) is 5.03. The molecule has 2 N–H and O–H groups in total. The molecule has 0 bridgehead atoms. The summed E-state index contributed by atoms with van der Waals surface area (Å²) in [5.41, 5.74) is 1.58. The van der Waals surface area contributed by atoms with Crippen LogP contribution in [0.15, 0.2) is 40.7 Å². The quantitative estimate of drug-likeness (QED) is 0.597. The zero-order valence-corrected chi connectivity index (χ0v) is 21.8. The molecule has 4 aliphatic rings. The normalized spacial score (nSPS) is 26.6. The predicted octanol–water partition coefficient (Wildman–Crippen LogP) is 0.830. The van der Waals surface area contributed by atoms with Crippen molar-refractivity contribution in [2.75, 3.05) is 44.7 Å². The Kier molecular flexibility index (Phi) is 6.28. The van der Waals surface area contributed by atoms with Gasteiger partial charge in [0, 0.05) is 50.1 Å². The summed E-state index contributed by atoms with van der Waals surface area (Å²) in [4.78, 5) is 17.9. The molecule has 5 rings (SSSR count). The molecule has 190 valence electrons. The van der Waals surface area contributed by atoms with Gasteiger partial charge in [0.2, 0.25) is 0 Å². The van der Waals surface area contributed by atoms with E-state index in [1.807, 2.05) is 39.8 Å². The molecule has 4 aliphatic heterocycles. The molecule has 9 nitrogen and oxygen atoms in total. The van der Waals surface area contributed by atoms with Crippen LogP contribution < -0.4 is 21.7 Å². The van der Waals surface area contributed by atoms with Gasteiger partial charge in [0.25, 0.3) is 5.56 Å². The molecule has 0 aromatic carbocycles. The molecular weight excluding hydrogens is 445 g/mol. The Bertz CT molecular complexity index is 1080. The summed E-state index contributed by atoms with van der Waals surface area (Å²) in [6, 6.07) is 2.87. The topological polar surface area (TPSA) is 80.2 Å². The maximum Gasteiger partial charge on any atom is 0.496 e. The van der Waals surface area contributed by atoms with E-state index in [1.165, 1.54) is 5.70 Å². The minimum absolute atomic E-state index is 0.104. The van der Waals surface area contributed by atoms with E-state index >= 15 is 0 Å². The number of ether oxygens (including phenoxy) is 1. The number of hydrogen-bond donors (Lipinski definition) is 2. The van der Waals surface area contributed by atoms with Gasteiger partial charge in [-0.05, 0) is 52.8 Å². The summed E-state index contributed by atoms with van der Waals surface area (Å²) in [7, 11) is 1.22. The SMILES string of the molecule is C[C@H]1CN(C2COC2)CCN1C1=CC=C(Nc2cc(B3OC(C)(C)C(C)(C)O3)cn(C)c2=O)NC1. The third-order valence-electron chi connectivity index (χ3n) is 8.07. The molecule has 0 radical (unpaired) electrons. The molecule has 0 saturated carbocycles. The van der Waals surface area contributed by atoms with Crippen molar-refractivity contribution in [1.29, 1.82) is 0 Å². The van der Waals surface area contributed by atoms with Crippen LogP contribution >= 0.6 is 0 Å². The van der Waals surface area contributed by atoms with Gasteiger partial charge in [0.1, 0.15) is 11.5 Å². The van der Waals surface area contributed by atoms with Crippen molar-refractivity contribution in [3.8, 4) is 0 Å². The van der Waals surface area contributed by atoms with Gasteiger partial charge in [-0.3, -0.25) is 9.69 Å². The molecule has 0 unspecified atom stereocenters. The molecule has 3 fully saturated rings. The van der Waals surface area contributed by atoms with E-state index in [0.29, 0.717) is 24.3 Å². The lowest BCUT2D eigenvalue weighted by Gasteiger charge is -2.47. The van der Waals surface area contributed by atoms with Crippen LogP contribution in [-0.4, -0.2) is 84.2 Å². The lowest BCUT2D eigenvalue weighted by atomic mass is 9.80. The number of nitrogens with zero attached hydrogens (tertiary/aromatic N) is 3. The maximum atomic E-state index is 12.9. The van der Waals surface area contributed by atoms with Crippen LogP contribution in [0.25, 0.3) is 0 Å². The van der Waals surface area contributed by atoms with E-state index in [2.05, 4.69) is 33.4 Å². The van der Waals surface area contributed by atoms with Crippen molar-refractivity contribution in [3.63, 3.8) is 0 Å². The van der Waals surface area contributed by atoms with Crippen LogP contribution in [-0.2, 0) is 21.1 Å². The number of aromatic nitrogens is 1. The van der Waals surface area contributed by atoms with Gasteiger partial charge in [0.05, 0.1) is 37.0 Å². The average molecular weight is 483 g/mol. The van der Waals surface area contributed by atoms with Crippen molar-refractivity contribution in [3.05, 3.63) is 46.3 Å². The third-order valence-corrected chi connectivity index (χ3v) is 8.07. The molecule has 1 aromatic heterocycles. The van der Waals surface area contributed by atoms with Gasteiger partial charge < -0.3 is 34.1 Å². The summed E-state index contributed by atoms with van der Waals surface area (Å²) in [6.07, 6.45) is 5.95. The first-order valence-electron chi connectivity index (χ1n) is 12.6. The number of dihydropyridines is 1. The number of pyridine rings is 1. The van der Waals surface area contributed by atoms with Gasteiger partial charge >= 0.3 is 7.12 Å². The van der Waals surface area contributed by atoms with E-state index in [1.54, 1.807) is 17.8 Å². The molecule has 5 heterocycles. The Morgan fingerprint density at radius 3 is 2.40 bits per heavy atom. The van der Waals surface area contributed by atoms with Gasteiger partial charge in [-0.1, -0.05) is 0 Å². The van der Waals surface area contributed by atoms with Crippen molar-refractivity contribution in [2.45, 2.75) is 57.9 Å². The van der Waals surface area contributed by atoms with Crippen LogP contribution in [0.4, 0.5) is 5.69 Å². The highest BCUT2D eigenvalue weighted by atomic mass is 16.7. The van der Waals surface area contributed by atoms with Crippen LogP contribution in [0.1, 0.15) is 34.6 Å². The predicted molar refractivity (Wildman–Crippen MR) is 138 cm³/mol. The van der Waals surface area contributed by atoms with Crippen LogP contribution in [0.5, 0.6) is 0 Å². The molecule has 0 amide bonds. The molecular formula is C25H38BN5O4. The van der Waals surface area contributed by atoms with Gasteiger partial charge in [-0.15, -0.1) is 0 Å². The first-order chi connectivity index (χ1) is 16.5. The summed E-state index contributed by atoms with van der Waals surface area (Å²) in [5, 5.41) is 6.74. The Labute approximate surface area is 208 Å². The number of hydrogen-bond acceptors (Lipinski definition) is 8.